The molecule has 0 saturated carbocycles. The topological polar surface area (TPSA) is 87.5 Å². The lowest BCUT2D eigenvalue weighted by Crippen LogP contribution is -2.45. The molecular weight excluding hydrogens is 275 g/mol. The Kier molecular flexibility index (Phi) is 4.74. The second-order valence-corrected chi connectivity index (χ2v) is 5.07. The smallest absolute Gasteiger partial charge is 0.241 e. The van der Waals surface area contributed by atoms with Crippen LogP contribution in [0.2, 0.25) is 0 Å². The van der Waals surface area contributed by atoms with E-state index >= 15 is 0 Å². The zero-order valence-corrected chi connectivity index (χ0v) is 11.9. The number of hydrogen-bond acceptors (Lipinski definition) is 4. The minimum atomic E-state index is -0.474. The summed E-state index contributed by atoms with van der Waals surface area (Å²) in [5, 5.41) is 5.43. The Bertz CT molecular complexity index is 550. The summed E-state index contributed by atoms with van der Waals surface area (Å²) >= 11 is 0. The Hall–Kier alpha value is -2.15. The standard InChI is InChI=1S/C14H19FN4O2/c1-9(19-6-2-5-17-13(20)8-19)14(21)18-12-4-3-10(15)7-11(12)16/h3-4,7,9H,2,5-6,8,16H2,1H3,(H,17,20)(H,18,21). The molecule has 114 valence electrons. The fraction of sp³-hybridized carbons (Fsp3) is 0.429. The first-order chi connectivity index (χ1) is 9.97. The van der Waals surface area contributed by atoms with Crippen molar-refractivity contribution in [3.05, 3.63) is 24.0 Å². The van der Waals surface area contributed by atoms with Crippen molar-refractivity contribution in [1.82, 2.24) is 10.2 Å². The molecule has 1 aliphatic heterocycles. The SMILES string of the molecule is CC(C(=O)Nc1ccc(F)cc1N)N1CCCNC(=O)C1. The fourth-order valence-electron chi connectivity index (χ4n) is 2.21. The van der Waals surface area contributed by atoms with Gasteiger partial charge in [-0.1, -0.05) is 0 Å². The van der Waals surface area contributed by atoms with E-state index in [2.05, 4.69) is 10.6 Å². The van der Waals surface area contributed by atoms with Crippen molar-refractivity contribution in [2.45, 2.75) is 19.4 Å². The number of carbonyl (C=O) groups excluding carboxylic acids is 2. The summed E-state index contributed by atoms with van der Waals surface area (Å²) in [6.45, 7) is 3.20. The predicted octanol–water partition coefficient (Wildman–Crippen LogP) is 0.557. The first-order valence-electron chi connectivity index (χ1n) is 6.84. The molecule has 0 aliphatic carbocycles. The van der Waals surface area contributed by atoms with E-state index in [4.69, 9.17) is 5.73 Å². The van der Waals surface area contributed by atoms with E-state index in [-0.39, 0.29) is 24.0 Å². The number of amides is 2. The van der Waals surface area contributed by atoms with Crippen LogP contribution in [0.3, 0.4) is 0 Å². The lowest BCUT2D eigenvalue weighted by atomic mass is 10.2. The zero-order chi connectivity index (χ0) is 15.4. The Labute approximate surface area is 122 Å². The number of hydrogen-bond donors (Lipinski definition) is 3. The predicted molar refractivity (Wildman–Crippen MR) is 78.1 cm³/mol. The van der Waals surface area contributed by atoms with Gasteiger partial charge in [0.05, 0.1) is 24.0 Å². The highest BCUT2D eigenvalue weighted by molar-refractivity contribution is 5.97. The number of anilines is 2. The summed E-state index contributed by atoms with van der Waals surface area (Å²) in [6.07, 6.45) is 0.794. The van der Waals surface area contributed by atoms with Gasteiger partial charge in [0, 0.05) is 13.1 Å². The van der Waals surface area contributed by atoms with Crippen LogP contribution in [0.5, 0.6) is 0 Å². The maximum Gasteiger partial charge on any atom is 0.241 e. The molecule has 1 fully saturated rings. The highest BCUT2D eigenvalue weighted by atomic mass is 19.1. The molecule has 0 bridgehead atoms. The number of nitrogens with one attached hydrogen (secondary N) is 2. The molecule has 0 aromatic heterocycles. The van der Waals surface area contributed by atoms with Gasteiger partial charge in [-0.2, -0.15) is 0 Å². The van der Waals surface area contributed by atoms with E-state index < -0.39 is 11.9 Å². The molecule has 4 N–H and O–H groups in total. The first kappa shape index (κ1) is 15.2. The van der Waals surface area contributed by atoms with Gasteiger partial charge in [0.1, 0.15) is 5.82 Å². The fourth-order valence-corrected chi connectivity index (χ4v) is 2.21. The molecule has 1 saturated heterocycles. The summed E-state index contributed by atoms with van der Waals surface area (Å²) in [5.74, 6) is -0.820. The molecule has 1 aromatic rings. The van der Waals surface area contributed by atoms with Crippen LogP contribution >= 0.6 is 0 Å². The van der Waals surface area contributed by atoms with Gasteiger partial charge in [0.2, 0.25) is 11.8 Å². The largest absolute Gasteiger partial charge is 0.397 e. The molecule has 1 unspecified atom stereocenters. The van der Waals surface area contributed by atoms with Crippen LogP contribution in [-0.2, 0) is 9.59 Å². The number of nitrogens with two attached hydrogens (primary N) is 1. The average molecular weight is 294 g/mol. The molecule has 1 atom stereocenters. The second-order valence-electron chi connectivity index (χ2n) is 5.07. The average Bonchev–Trinajstić information content (AvgIpc) is 2.65. The van der Waals surface area contributed by atoms with E-state index in [1.165, 1.54) is 12.1 Å². The van der Waals surface area contributed by atoms with Gasteiger partial charge in [0.25, 0.3) is 0 Å². The van der Waals surface area contributed by atoms with Crippen molar-refractivity contribution in [3.63, 3.8) is 0 Å². The zero-order valence-electron chi connectivity index (χ0n) is 11.9. The Morgan fingerprint density at radius 2 is 2.29 bits per heavy atom. The maximum atomic E-state index is 13.0. The van der Waals surface area contributed by atoms with Crippen LogP contribution in [0.25, 0.3) is 0 Å². The second kappa shape index (κ2) is 6.53. The number of benzene rings is 1. The van der Waals surface area contributed by atoms with Crippen LogP contribution in [-0.4, -0.2) is 42.4 Å². The minimum Gasteiger partial charge on any atom is -0.397 e. The van der Waals surface area contributed by atoms with Crippen molar-refractivity contribution in [3.8, 4) is 0 Å². The van der Waals surface area contributed by atoms with Gasteiger partial charge in [-0.15, -0.1) is 0 Å². The van der Waals surface area contributed by atoms with Crippen molar-refractivity contribution in [2.24, 2.45) is 0 Å². The van der Waals surface area contributed by atoms with Crippen molar-refractivity contribution in [2.75, 3.05) is 30.7 Å². The molecule has 1 aliphatic rings. The first-order valence-corrected chi connectivity index (χ1v) is 6.84. The van der Waals surface area contributed by atoms with Crippen molar-refractivity contribution < 1.29 is 14.0 Å². The Morgan fingerprint density at radius 1 is 1.52 bits per heavy atom. The third-order valence-electron chi connectivity index (χ3n) is 3.49. The van der Waals surface area contributed by atoms with Crippen LogP contribution in [0, 0.1) is 5.82 Å². The molecule has 7 heteroatoms. The van der Waals surface area contributed by atoms with Gasteiger partial charge < -0.3 is 16.4 Å². The van der Waals surface area contributed by atoms with Crippen LogP contribution in [0.4, 0.5) is 15.8 Å². The Balaban J connectivity index is 2.03. The molecule has 21 heavy (non-hydrogen) atoms. The Morgan fingerprint density at radius 3 is 3.00 bits per heavy atom. The highest BCUT2D eigenvalue weighted by Crippen LogP contribution is 2.19. The molecule has 2 rings (SSSR count). The minimum absolute atomic E-state index is 0.0894. The summed E-state index contributed by atoms with van der Waals surface area (Å²) in [5.41, 5.74) is 6.20. The van der Waals surface area contributed by atoms with Gasteiger partial charge in [-0.05, 0) is 31.5 Å². The third kappa shape index (κ3) is 3.91. The van der Waals surface area contributed by atoms with Gasteiger partial charge >= 0.3 is 0 Å². The molecule has 6 nitrogen and oxygen atoms in total. The quantitative estimate of drug-likeness (QED) is 0.711. The molecule has 1 aromatic carbocycles. The number of carbonyl (C=O) groups is 2. The lowest BCUT2D eigenvalue weighted by Gasteiger charge is -2.25. The number of nitrogen functional groups attached to an aromatic ring is 1. The van der Waals surface area contributed by atoms with Crippen molar-refractivity contribution >= 4 is 23.2 Å². The molecule has 0 spiro atoms. The van der Waals surface area contributed by atoms with Gasteiger partial charge in [-0.25, -0.2) is 4.39 Å². The maximum absolute atomic E-state index is 13.0. The normalized spacial score (nSPS) is 17.7. The van der Waals surface area contributed by atoms with Crippen molar-refractivity contribution in [1.29, 1.82) is 0 Å². The third-order valence-corrected chi connectivity index (χ3v) is 3.49. The van der Waals surface area contributed by atoms with Gasteiger partial charge in [0.15, 0.2) is 0 Å². The van der Waals surface area contributed by atoms with Gasteiger partial charge in [-0.3, -0.25) is 14.5 Å². The van der Waals surface area contributed by atoms with E-state index in [9.17, 15) is 14.0 Å². The molecular formula is C14H19FN4O2. The van der Waals surface area contributed by atoms with E-state index in [1.807, 2.05) is 0 Å². The number of nitrogens with zero attached hydrogens (tertiary/aromatic N) is 1. The van der Waals surface area contributed by atoms with E-state index in [0.717, 1.165) is 12.5 Å². The van der Waals surface area contributed by atoms with Crippen LogP contribution in [0.15, 0.2) is 18.2 Å². The number of rotatable bonds is 3. The molecule has 1 heterocycles. The van der Waals surface area contributed by atoms with E-state index in [0.29, 0.717) is 18.8 Å². The summed E-state index contributed by atoms with van der Waals surface area (Å²) in [4.78, 5) is 25.6. The summed E-state index contributed by atoms with van der Waals surface area (Å²) < 4.78 is 13.0. The highest BCUT2D eigenvalue weighted by Gasteiger charge is 2.25. The van der Waals surface area contributed by atoms with E-state index in [1.54, 1.807) is 11.8 Å². The summed E-state index contributed by atoms with van der Waals surface area (Å²) in [6, 6.07) is 3.33. The number of halogens is 1. The molecule has 2 amide bonds. The van der Waals surface area contributed by atoms with Crippen LogP contribution < -0.4 is 16.4 Å². The summed E-state index contributed by atoms with van der Waals surface area (Å²) in [7, 11) is 0. The lowest BCUT2D eigenvalue weighted by molar-refractivity contribution is -0.124. The van der Waals surface area contributed by atoms with Crippen LogP contribution in [0.1, 0.15) is 13.3 Å². The monoisotopic (exact) mass is 294 g/mol. The molecule has 0 radical (unpaired) electrons.